The third kappa shape index (κ3) is 5.23. The third-order valence-electron chi connectivity index (χ3n) is 3.22. The Bertz CT molecular complexity index is 450. The summed E-state index contributed by atoms with van der Waals surface area (Å²) in [4.78, 5) is 0. The molecule has 1 radical (unpaired) electrons. The number of rotatable bonds is 1. The molecule has 1 N–H and O–H groups in total. The van der Waals surface area contributed by atoms with Crippen LogP contribution in [0.25, 0.3) is 0 Å². The fraction of sp³-hybridized carbons (Fsp3) is 0.500. The molecule has 0 aromatic heterocycles. The van der Waals surface area contributed by atoms with Gasteiger partial charge in [-0.25, -0.2) is 0 Å². The quantitative estimate of drug-likeness (QED) is 0.621. The van der Waals surface area contributed by atoms with Crippen molar-refractivity contribution >= 4 is 11.8 Å². The van der Waals surface area contributed by atoms with Crippen molar-refractivity contribution in [3.05, 3.63) is 35.4 Å². The molecule has 0 spiro atoms. The minimum atomic E-state index is -0.776. The van der Waals surface area contributed by atoms with E-state index in [2.05, 4.69) is 37.8 Å². The smallest absolute Gasteiger partial charge is 0.126 e. The average Bonchev–Trinajstić information content (AvgIpc) is 2.38. The monoisotopic (exact) mass is 348 g/mol. The molecule has 19 heavy (non-hydrogen) atoms. The van der Waals surface area contributed by atoms with Gasteiger partial charge in [0.25, 0.3) is 0 Å². The van der Waals surface area contributed by atoms with Crippen LogP contribution in [0.2, 0.25) is 0 Å². The Kier molecular flexibility index (Phi) is 7.12. The molecular weight excluding hydrogens is 329 g/mol. The fourth-order valence-corrected chi connectivity index (χ4v) is 3.06. The molecule has 0 atom stereocenters. The summed E-state index contributed by atoms with van der Waals surface area (Å²) in [6.07, 6.45) is 1.55. The van der Waals surface area contributed by atoms with E-state index in [1.807, 2.05) is 23.9 Å². The van der Waals surface area contributed by atoms with Gasteiger partial charge in [0.15, 0.2) is 0 Å². The number of aliphatic hydroxyl groups is 1. The summed E-state index contributed by atoms with van der Waals surface area (Å²) < 4.78 is 0. The molecule has 0 aliphatic carbocycles. The van der Waals surface area contributed by atoms with Gasteiger partial charge in [-0.2, -0.15) is 41.6 Å². The molecular formula is C16H19OSY-. The second-order valence-electron chi connectivity index (χ2n) is 5.08. The van der Waals surface area contributed by atoms with Crippen LogP contribution in [0.3, 0.4) is 0 Å². The Morgan fingerprint density at radius 1 is 1.32 bits per heavy atom. The Morgan fingerprint density at radius 3 is 2.53 bits per heavy atom. The zero-order valence-electron chi connectivity index (χ0n) is 11.6. The Hall–Kier alpha value is 0.194. The summed E-state index contributed by atoms with van der Waals surface area (Å²) in [5.74, 6) is 8.61. The van der Waals surface area contributed by atoms with Crippen molar-refractivity contribution in [1.82, 2.24) is 0 Å². The molecule has 1 aromatic carbocycles. The molecule has 1 nitrogen and oxygen atoms in total. The van der Waals surface area contributed by atoms with Gasteiger partial charge in [0.05, 0.1) is 0 Å². The van der Waals surface area contributed by atoms with E-state index in [0.29, 0.717) is 5.92 Å². The standard InChI is InChI=1S/C16H19OS.Y/c1-13(2)15-5-3-14(4-6-15)7-8-16(17)9-11-18-12-10-16;/h3-5,13,17H,9-12H2,1-2H3;/q-1;. The van der Waals surface area contributed by atoms with Crippen LogP contribution in [0.4, 0.5) is 0 Å². The molecule has 1 heterocycles. The van der Waals surface area contributed by atoms with Gasteiger partial charge in [-0.1, -0.05) is 25.3 Å². The zero-order valence-corrected chi connectivity index (χ0v) is 15.2. The van der Waals surface area contributed by atoms with Crippen molar-refractivity contribution in [2.75, 3.05) is 11.5 Å². The molecule has 1 aliphatic heterocycles. The molecule has 0 saturated carbocycles. The van der Waals surface area contributed by atoms with Crippen LogP contribution in [0, 0.1) is 17.9 Å². The molecule has 1 fully saturated rings. The average molecular weight is 348 g/mol. The van der Waals surface area contributed by atoms with Gasteiger partial charge < -0.3 is 5.11 Å². The van der Waals surface area contributed by atoms with E-state index in [1.54, 1.807) is 0 Å². The van der Waals surface area contributed by atoms with Crippen LogP contribution in [0.5, 0.6) is 0 Å². The number of hydrogen-bond acceptors (Lipinski definition) is 2. The van der Waals surface area contributed by atoms with Crippen LogP contribution < -0.4 is 0 Å². The first kappa shape index (κ1) is 17.2. The zero-order chi connectivity index (χ0) is 13.0. The summed E-state index contributed by atoms with van der Waals surface area (Å²) in [5.41, 5.74) is 1.36. The number of hydrogen-bond donors (Lipinski definition) is 1. The first-order chi connectivity index (χ1) is 8.59. The predicted molar refractivity (Wildman–Crippen MR) is 77.8 cm³/mol. The summed E-state index contributed by atoms with van der Waals surface area (Å²) in [7, 11) is 0. The number of thioether (sulfide) groups is 1. The van der Waals surface area contributed by atoms with E-state index in [0.717, 1.165) is 29.9 Å². The van der Waals surface area contributed by atoms with Gasteiger partial charge in [0.2, 0.25) is 0 Å². The summed E-state index contributed by atoms with van der Waals surface area (Å²) in [6.45, 7) is 4.30. The van der Waals surface area contributed by atoms with E-state index in [4.69, 9.17) is 0 Å². The minimum absolute atomic E-state index is 0. The molecule has 2 rings (SSSR count). The SMILES string of the molecule is CC(C)c1[c-]cc(C#CC2(O)CCSCC2)cc1.[Y]. The van der Waals surface area contributed by atoms with E-state index in [9.17, 15) is 5.11 Å². The third-order valence-corrected chi connectivity index (χ3v) is 4.20. The van der Waals surface area contributed by atoms with Crippen LogP contribution in [-0.2, 0) is 32.7 Å². The van der Waals surface area contributed by atoms with E-state index in [-0.39, 0.29) is 32.7 Å². The molecule has 0 amide bonds. The van der Waals surface area contributed by atoms with E-state index < -0.39 is 5.60 Å². The molecule has 99 valence electrons. The molecule has 1 aromatic rings. The molecule has 0 unspecified atom stereocenters. The van der Waals surface area contributed by atoms with Gasteiger partial charge >= 0.3 is 0 Å². The van der Waals surface area contributed by atoms with Gasteiger partial charge in [0.1, 0.15) is 5.60 Å². The summed E-state index contributed by atoms with van der Waals surface area (Å²) in [6, 6.07) is 9.25. The van der Waals surface area contributed by atoms with Crippen LogP contribution in [-0.4, -0.2) is 22.2 Å². The fourth-order valence-electron chi connectivity index (χ4n) is 1.90. The molecule has 1 saturated heterocycles. The largest absolute Gasteiger partial charge is 0.378 e. The maximum Gasteiger partial charge on any atom is 0.126 e. The van der Waals surface area contributed by atoms with Gasteiger partial charge in [0, 0.05) is 32.7 Å². The molecule has 3 heteroatoms. The first-order valence-electron chi connectivity index (χ1n) is 6.44. The molecule has 1 aliphatic rings. The Morgan fingerprint density at radius 2 is 2.00 bits per heavy atom. The Balaban J connectivity index is 0.00000180. The Labute approximate surface area is 145 Å². The van der Waals surface area contributed by atoms with E-state index >= 15 is 0 Å². The van der Waals surface area contributed by atoms with Crippen molar-refractivity contribution in [3.8, 4) is 11.8 Å². The van der Waals surface area contributed by atoms with Crippen molar-refractivity contribution in [1.29, 1.82) is 0 Å². The van der Waals surface area contributed by atoms with Crippen molar-refractivity contribution in [3.63, 3.8) is 0 Å². The van der Waals surface area contributed by atoms with Crippen LogP contribution >= 0.6 is 11.8 Å². The van der Waals surface area contributed by atoms with E-state index in [1.165, 1.54) is 5.56 Å². The second kappa shape index (κ2) is 7.84. The maximum atomic E-state index is 10.3. The van der Waals surface area contributed by atoms with Crippen LogP contribution in [0.15, 0.2) is 18.2 Å². The van der Waals surface area contributed by atoms with Gasteiger partial charge in [-0.05, 0) is 30.3 Å². The van der Waals surface area contributed by atoms with Crippen molar-refractivity contribution < 1.29 is 37.8 Å². The van der Waals surface area contributed by atoms with Crippen molar-refractivity contribution in [2.45, 2.75) is 38.2 Å². The predicted octanol–water partition coefficient (Wildman–Crippen LogP) is 3.22. The summed E-state index contributed by atoms with van der Waals surface area (Å²) in [5, 5.41) is 10.3. The normalized spacial score (nSPS) is 17.3. The minimum Gasteiger partial charge on any atom is -0.378 e. The maximum absolute atomic E-state index is 10.3. The second-order valence-corrected chi connectivity index (χ2v) is 6.31. The van der Waals surface area contributed by atoms with Crippen molar-refractivity contribution in [2.24, 2.45) is 0 Å². The summed E-state index contributed by atoms with van der Waals surface area (Å²) >= 11 is 1.89. The first-order valence-corrected chi connectivity index (χ1v) is 7.59. The molecule has 0 bridgehead atoms. The number of benzene rings is 1. The van der Waals surface area contributed by atoms with Gasteiger partial charge in [-0.3, -0.25) is 0 Å². The van der Waals surface area contributed by atoms with Gasteiger partial charge in [-0.15, -0.1) is 5.92 Å². The van der Waals surface area contributed by atoms with Crippen LogP contribution in [0.1, 0.15) is 43.7 Å². The topological polar surface area (TPSA) is 20.2 Å².